The van der Waals surface area contributed by atoms with Crippen LogP contribution in [-0.4, -0.2) is 48.3 Å². The van der Waals surface area contributed by atoms with Crippen molar-refractivity contribution < 1.29 is 19.4 Å². The molecule has 1 fully saturated rings. The average Bonchev–Trinajstić information content (AvgIpc) is 2.87. The van der Waals surface area contributed by atoms with Crippen molar-refractivity contribution in [1.82, 2.24) is 4.90 Å². The molecule has 0 aliphatic carbocycles. The Balaban J connectivity index is 2.03. The lowest BCUT2D eigenvalue weighted by Gasteiger charge is -2.26. The standard InChI is InChI=1S/C13H15BrN2O4/c1-16(11-7-20-6-10(11)12(17)18)13(19)15-9-4-2-3-8(14)5-9/h2-5,10-11H,6-7H2,1H3,(H,15,19)(H,17,18). The van der Waals surface area contributed by atoms with Gasteiger partial charge in [0.2, 0.25) is 0 Å². The smallest absolute Gasteiger partial charge is 0.321 e. The van der Waals surface area contributed by atoms with Crippen molar-refractivity contribution in [3.8, 4) is 0 Å². The third kappa shape index (κ3) is 3.29. The lowest BCUT2D eigenvalue weighted by atomic mass is 10.0. The number of rotatable bonds is 3. The zero-order valence-corrected chi connectivity index (χ0v) is 12.5. The number of nitrogens with zero attached hydrogens (tertiary/aromatic N) is 1. The van der Waals surface area contributed by atoms with Crippen LogP contribution in [0.15, 0.2) is 28.7 Å². The second kappa shape index (κ2) is 6.23. The van der Waals surface area contributed by atoms with Crippen molar-refractivity contribution in [2.45, 2.75) is 6.04 Å². The molecule has 1 aromatic rings. The first-order valence-corrected chi connectivity index (χ1v) is 6.88. The molecule has 2 atom stereocenters. The minimum atomic E-state index is -0.949. The number of aliphatic carboxylic acids is 1. The van der Waals surface area contributed by atoms with E-state index in [0.717, 1.165) is 4.47 Å². The van der Waals surface area contributed by atoms with Crippen LogP contribution in [0, 0.1) is 5.92 Å². The molecule has 0 radical (unpaired) electrons. The third-order valence-corrected chi connectivity index (χ3v) is 3.75. The number of carbonyl (C=O) groups is 2. The van der Waals surface area contributed by atoms with Gasteiger partial charge in [0.25, 0.3) is 0 Å². The molecule has 1 aliphatic heterocycles. The summed E-state index contributed by atoms with van der Waals surface area (Å²) < 4.78 is 6.01. The Morgan fingerprint density at radius 2 is 2.20 bits per heavy atom. The second-order valence-electron chi connectivity index (χ2n) is 4.60. The van der Waals surface area contributed by atoms with Crippen molar-refractivity contribution in [2.24, 2.45) is 5.92 Å². The topological polar surface area (TPSA) is 78.9 Å². The molecule has 2 rings (SSSR count). The Morgan fingerprint density at radius 3 is 2.85 bits per heavy atom. The zero-order chi connectivity index (χ0) is 14.7. The van der Waals surface area contributed by atoms with Crippen LogP contribution in [-0.2, 0) is 9.53 Å². The summed E-state index contributed by atoms with van der Waals surface area (Å²) in [5, 5.41) is 11.8. The van der Waals surface area contributed by atoms with Gasteiger partial charge in [0.1, 0.15) is 5.92 Å². The Morgan fingerprint density at radius 1 is 1.45 bits per heavy atom. The predicted octanol–water partition coefficient (Wildman–Crippen LogP) is 2.01. The Kier molecular flexibility index (Phi) is 4.61. The highest BCUT2D eigenvalue weighted by Gasteiger charge is 2.38. The first-order chi connectivity index (χ1) is 9.49. The maximum Gasteiger partial charge on any atom is 0.321 e. The number of likely N-dealkylation sites (N-methyl/N-ethyl adjacent to an activating group) is 1. The fourth-order valence-corrected chi connectivity index (χ4v) is 2.49. The van der Waals surface area contributed by atoms with Crippen LogP contribution in [0.3, 0.4) is 0 Å². The lowest BCUT2D eigenvalue weighted by Crippen LogP contribution is -2.45. The van der Waals surface area contributed by atoms with Crippen molar-refractivity contribution in [2.75, 3.05) is 25.6 Å². The van der Waals surface area contributed by atoms with E-state index in [4.69, 9.17) is 9.84 Å². The van der Waals surface area contributed by atoms with Gasteiger partial charge in [0.05, 0.1) is 19.3 Å². The van der Waals surface area contributed by atoms with E-state index in [9.17, 15) is 9.59 Å². The lowest BCUT2D eigenvalue weighted by molar-refractivity contribution is -0.142. The van der Waals surface area contributed by atoms with Gasteiger partial charge < -0.3 is 20.1 Å². The number of halogens is 1. The molecule has 1 saturated heterocycles. The quantitative estimate of drug-likeness (QED) is 0.880. The number of anilines is 1. The van der Waals surface area contributed by atoms with Crippen LogP contribution in [0.5, 0.6) is 0 Å². The molecule has 1 aliphatic rings. The number of benzene rings is 1. The number of nitrogens with one attached hydrogen (secondary N) is 1. The minimum Gasteiger partial charge on any atom is -0.481 e. The molecule has 0 spiro atoms. The maximum atomic E-state index is 12.1. The Labute approximate surface area is 124 Å². The van der Waals surface area contributed by atoms with Gasteiger partial charge in [-0.1, -0.05) is 22.0 Å². The minimum absolute atomic E-state index is 0.133. The molecule has 2 N–H and O–H groups in total. The fraction of sp³-hybridized carbons (Fsp3) is 0.385. The van der Waals surface area contributed by atoms with E-state index in [1.165, 1.54) is 4.90 Å². The normalized spacial score (nSPS) is 21.5. The summed E-state index contributed by atoms with van der Waals surface area (Å²) in [4.78, 5) is 24.6. The molecular weight excluding hydrogens is 328 g/mol. The van der Waals surface area contributed by atoms with Crippen LogP contribution in [0.4, 0.5) is 10.5 Å². The van der Waals surface area contributed by atoms with Gasteiger partial charge in [-0.3, -0.25) is 4.79 Å². The molecular formula is C13H15BrN2O4. The van der Waals surface area contributed by atoms with Crippen LogP contribution in [0.2, 0.25) is 0 Å². The average molecular weight is 343 g/mol. The number of carboxylic acid groups (broad SMARTS) is 1. The van der Waals surface area contributed by atoms with E-state index in [0.29, 0.717) is 5.69 Å². The number of carboxylic acids is 1. The summed E-state index contributed by atoms with van der Waals surface area (Å²) in [5.74, 6) is -1.64. The van der Waals surface area contributed by atoms with Gasteiger partial charge >= 0.3 is 12.0 Å². The molecule has 1 heterocycles. The van der Waals surface area contributed by atoms with E-state index in [1.54, 1.807) is 25.2 Å². The number of hydrogen-bond acceptors (Lipinski definition) is 3. The van der Waals surface area contributed by atoms with E-state index in [-0.39, 0.29) is 19.2 Å². The van der Waals surface area contributed by atoms with Crippen LogP contribution in [0.1, 0.15) is 0 Å². The maximum absolute atomic E-state index is 12.1. The SMILES string of the molecule is CN(C(=O)Nc1cccc(Br)c1)C1COCC1C(=O)O. The largest absolute Gasteiger partial charge is 0.481 e. The number of carbonyl (C=O) groups excluding carboxylic acids is 1. The number of ether oxygens (including phenoxy) is 1. The van der Waals surface area contributed by atoms with Crippen molar-refractivity contribution in [3.63, 3.8) is 0 Å². The summed E-state index contributed by atoms with van der Waals surface area (Å²) in [5.41, 5.74) is 0.641. The molecule has 7 heteroatoms. The molecule has 2 amide bonds. The number of hydrogen-bond donors (Lipinski definition) is 2. The van der Waals surface area contributed by atoms with Crippen molar-refractivity contribution in [3.05, 3.63) is 28.7 Å². The third-order valence-electron chi connectivity index (χ3n) is 3.26. The van der Waals surface area contributed by atoms with Gasteiger partial charge in [-0.15, -0.1) is 0 Å². The Hall–Kier alpha value is -1.60. The monoisotopic (exact) mass is 342 g/mol. The van der Waals surface area contributed by atoms with Gasteiger partial charge in [0, 0.05) is 17.2 Å². The van der Waals surface area contributed by atoms with Gasteiger partial charge in [0.15, 0.2) is 0 Å². The summed E-state index contributed by atoms with van der Waals surface area (Å²) in [7, 11) is 1.57. The van der Waals surface area contributed by atoms with Crippen molar-refractivity contribution in [1.29, 1.82) is 0 Å². The predicted molar refractivity (Wildman–Crippen MR) is 76.7 cm³/mol. The molecule has 0 saturated carbocycles. The molecule has 2 unspecified atom stereocenters. The zero-order valence-electron chi connectivity index (χ0n) is 10.9. The van der Waals surface area contributed by atoms with E-state index in [1.807, 2.05) is 6.07 Å². The van der Waals surface area contributed by atoms with Crippen LogP contribution in [0.25, 0.3) is 0 Å². The first kappa shape index (κ1) is 14.8. The molecule has 0 bridgehead atoms. The fourth-order valence-electron chi connectivity index (χ4n) is 2.09. The number of amides is 2. The Bertz CT molecular complexity index is 523. The van der Waals surface area contributed by atoms with Gasteiger partial charge in [-0.2, -0.15) is 0 Å². The highest BCUT2D eigenvalue weighted by atomic mass is 79.9. The van der Waals surface area contributed by atoms with E-state index in [2.05, 4.69) is 21.2 Å². The molecule has 1 aromatic carbocycles. The summed E-state index contributed by atoms with van der Waals surface area (Å²) in [6, 6.07) is 6.37. The molecule has 108 valence electrons. The molecule has 20 heavy (non-hydrogen) atoms. The molecule has 6 nitrogen and oxygen atoms in total. The number of urea groups is 1. The highest BCUT2D eigenvalue weighted by Crippen LogP contribution is 2.21. The van der Waals surface area contributed by atoms with Crippen molar-refractivity contribution >= 4 is 33.6 Å². The second-order valence-corrected chi connectivity index (χ2v) is 5.52. The highest BCUT2D eigenvalue weighted by molar-refractivity contribution is 9.10. The first-order valence-electron chi connectivity index (χ1n) is 6.09. The van der Waals surface area contributed by atoms with Crippen LogP contribution < -0.4 is 5.32 Å². The van der Waals surface area contributed by atoms with Gasteiger partial charge in [-0.05, 0) is 18.2 Å². The summed E-state index contributed by atoms with van der Waals surface area (Å²) >= 11 is 3.32. The molecule has 0 aromatic heterocycles. The van der Waals surface area contributed by atoms with Crippen LogP contribution >= 0.6 is 15.9 Å². The summed E-state index contributed by atoms with van der Waals surface area (Å²) in [6.45, 7) is 0.369. The van der Waals surface area contributed by atoms with Gasteiger partial charge in [-0.25, -0.2) is 4.79 Å². The summed E-state index contributed by atoms with van der Waals surface area (Å²) in [6.07, 6.45) is 0. The van der Waals surface area contributed by atoms with E-state index >= 15 is 0 Å². The van der Waals surface area contributed by atoms with E-state index < -0.39 is 17.9 Å².